The Balaban J connectivity index is 2.13. The summed E-state index contributed by atoms with van der Waals surface area (Å²) in [5.74, 6) is 0.695. The van der Waals surface area contributed by atoms with Crippen LogP contribution in [-0.2, 0) is 6.42 Å². The number of halogens is 1. The molecule has 1 heterocycles. The number of rotatable bonds is 2. The van der Waals surface area contributed by atoms with E-state index in [4.69, 9.17) is 11.6 Å². The molecule has 1 aliphatic rings. The molecule has 80 valence electrons. The Morgan fingerprint density at radius 3 is 2.93 bits per heavy atom. The molecule has 2 rings (SSSR count). The van der Waals surface area contributed by atoms with Crippen LogP contribution in [0.5, 0.6) is 0 Å². The minimum absolute atomic E-state index is 0.117. The number of hydrogen-bond donors (Lipinski definition) is 0. The SMILES string of the molecule is CC1CCC(C#N)(Cc2ccc(Cl)s2)C1. The molecule has 1 nitrogen and oxygen atoms in total. The predicted molar refractivity (Wildman–Crippen MR) is 64.1 cm³/mol. The Morgan fingerprint density at radius 2 is 2.47 bits per heavy atom. The van der Waals surface area contributed by atoms with Crippen LogP contribution in [0.4, 0.5) is 0 Å². The lowest BCUT2D eigenvalue weighted by atomic mass is 9.83. The fourth-order valence-electron chi connectivity index (χ4n) is 2.48. The van der Waals surface area contributed by atoms with Crippen LogP contribution in [0.3, 0.4) is 0 Å². The van der Waals surface area contributed by atoms with Crippen molar-refractivity contribution >= 4 is 22.9 Å². The van der Waals surface area contributed by atoms with Gasteiger partial charge in [-0.05, 0) is 37.3 Å². The molecule has 3 heteroatoms. The quantitative estimate of drug-likeness (QED) is 0.756. The van der Waals surface area contributed by atoms with Crippen molar-refractivity contribution in [2.24, 2.45) is 11.3 Å². The van der Waals surface area contributed by atoms with Gasteiger partial charge >= 0.3 is 0 Å². The summed E-state index contributed by atoms with van der Waals surface area (Å²) in [5, 5.41) is 9.32. The fourth-order valence-corrected chi connectivity index (χ4v) is 3.71. The van der Waals surface area contributed by atoms with Gasteiger partial charge < -0.3 is 0 Å². The van der Waals surface area contributed by atoms with Crippen LogP contribution in [0.25, 0.3) is 0 Å². The van der Waals surface area contributed by atoms with Gasteiger partial charge in [0.25, 0.3) is 0 Å². The van der Waals surface area contributed by atoms with Crippen molar-refractivity contribution in [3.8, 4) is 6.07 Å². The summed E-state index contributed by atoms with van der Waals surface area (Å²) in [5.41, 5.74) is -0.117. The highest BCUT2D eigenvalue weighted by Crippen LogP contribution is 2.44. The van der Waals surface area contributed by atoms with Gasteiger partial charge in [0.15, 0.2) is 0 Å². The Hall–Kier alpha value is -0.520. The average Bonchev–Trinajstić information content (AvgIpc) is 2.75. The molecule has 1 aromatic rings. The molecule has 0 amide bonds. The predicted octanol–water partition coefficient (Wildman–Crippen LogP) is 4.27. The summed E-state index contributed by atoms with van der Waals surface area (Å²) < 4.78 is 0.823. The van der Waals surface area contributed by atoms with Crippen LogP contribution in [0.1, 0.15) is 31.1 Å². The lowest BCUT2D eigenvalue weighted by Crippen LogP contribution is -2.16. The number of thiophene rings is 1. The van der Waals surface area contributed by atoms with Gasteiger partial charge in [-0.3, -0.25) is 0 Å². The van der Waals surface area contributed by atoms with Crippen LogP contribution in [-0.4, -0.2) is 0 Å². The third-order valence-electron chi connectivity index (χ3n) is 3.23. The van der Waals surface area contributed by atoms with E-state index in [2.05, 4.69) is 19.1 Å². The molecule has 1 aliphatic carbocycles. The van der Waals surface area contributed by atoms with Crippen LogP contribution in [0.15, 0.2) is 12.1 Å². The average molecular weight is 240 g/mol. The monoisotopic (exact) mass is 239 g/mol. The summed E-state index contributed by atoms with van der Waals surface area (Å²) in [7, 11) is 0. The van der Waals surface area contributed by atoms with Crippen molar-refractivity contribution in [2.45, 2.75) is 32.6 Å². The zero-order valence-corrected chi connectivity index (χ0v) is 10.4. The van der Waals surface area contributed by atoms with Crippen LogP contribution >= 0.6 is 22.9 Å². The van der Waals surface area contributed by atoms with Crippen molar-refractivity contribution in [3.05, 3.63) is 21.3 Å². The van der Waals surface area contributed by atoms with Gasteiger partial charge in [-0.1, -0.05) is 18.5 Å². The Morgan fingerprint density at radius 1 is 1.67 bits per heavy atom. The molecular weight excluding hydrogens is 226 g/mol. The van der Waals surface area contributed by atoms with E-state index < -0.39 is 0 Å². The van der Waals surface area contributed by atoms with Gasteiger partial charge in [0.2, 0.25) is 0 Å². The number of nitrogens with zero attached hydrogens (tertiary/aromatic N) is 1. The third kappa shape index (κ3) is 2.35. The number of nitriles is 1. The molecule has 0 N–H and O–H groups in total. The summed E-state index contributed by atoms with van der Waals surface area (Å²) in [6.07, 6.45) is 4.15. The Bertz CT molecular complexity index is 393. The first-order chi connectivity index (χ1) is 7.13. The maximum Gasteiger partial charge on any atom is 0.0931 e. The van der Waals surface area contributed by atoms with E-state index in [0.29, 0.717) is 5.92 Å². The first kappa shape index (κ1) is 11.0. The van der Waals surface area contributed by atoms with E-state index >= 15 is 0 Å². The molecule has 1 aromatic heterocycles. The highest BCUT2D eigenvalue weighted by molar-refractivity contribution is 7.16. The van der Waals surface area contributed by atoms with Crippen molar-refractivity contribution < 1.29 is 0 Å². The topological polar surface area (TPSA) is 23.8 Å². The second-order valence-corrected chi connectivity index (χ2v) is 6.42. The standard InChI is InChI=1S/C12H14ClNS/c1-9-4-5-12(6-9,8-14)7-10-2-3-11(13)15-10/h2-3,9H,4-7H2,1H3. The summed E-state index contributed by atoms with van der Waals surface area (Å²) >= 11 is 7.50. The first-order valence-electron chi connectivity index (χ1n) is 5.29. The van der Waals surface area contributed by atoms with Crippen molar-refractivity contribution in [1.82, 2.24) is 0 Å². The molecule has 2 atom stereocenters. The van der Waals surface area contributed by atoms with Crippen molar-refractivity contribution in [2.75, 3.05) is 0 Å². The fraction of sp³-hybridized carbons (Fsp3) is 0.583. The molecular formula is C12H14ClNS. The van der Waals surface area contributed by atoms with Gasteiger partial charge in [-0.25, -0.2) is 0 Å². The van der Waals surface area contributed by atoms with Crippen LogP contribution in [0.2, 0.25) is 4.34 Å². The van der Waals surface area contributed by atoms with Crippen LogP contribution in [0, 0.1) is 22.7 Å². The van der Waals surface area contributed by atoms with Crippen molar-refractivity contribution in [1.29, 1.82) is 5.26 Å². The third-order valence-corrected chi connectivity index (χ3v) is 4.46. The first-order valence-corrected chi connectivity index (χ1v) is 6.48. The van der Waals surface area contributed by atoms with Gasteiger partial charge in [0, 0.05) is 11.3 Å². The van der Waals surface area contributed by atoms with E-state index in [1.165, 1.54) is 11.3 Å². The zero-order chi connectivity index (χ0) is 10.9. The second kappa shape index (κ2) is 4.15. The molecule has 2 unspecified atom stereocenters. The van der Waals surface area contributed by atoms with Crippen molar-refractivity contribution in [3.63, 3.8) is 0 Å². The van der Waals surface area contributed by atoms with E-state index in [1.807, 2.05) is 6.07 Å². The largest absolute Gasteiger partial charge is 0.198 e. The van der Waals surface area contributed by atoms with E-state index in [9.17, 15) is 5.26 Å². The molecule has 0 spiro atoms. The minimum atomic E-state index is -0.117. The second-order valence-electron chi connectivity index (χ2n) is 4.62. The van der Waals surface area contributed by atoms with E-state index in [1.54, 1.807) is 11.3 Å². The summed E-state index contributed by atoms with van der Waals surface area (Å²) in [4.78, 5) is 1.25. The normalized spacial score (nSPS) is 30.3. The molecule has 0 saturated heterocycles. The van der Waals surface area contributed by atoms with E-state index in [-0.39, 0.29) is 5.41 Å². The summed E-state index contributed by atoms with van der Waals surface area (Å²) in [6.45, 7) is 2.24. The summed E-state index contributed by atoms with van der Waals surface area (Å²) in [6, 6.07) is 6.50. The molecule has 1 fully saturated rings. The van der Waals surface area contributed by atoms with Gasteiger partial charge in [-0.2, -0.15) is 5.26 Å². The molecule has 15 heavy (non-hydrogen) atoms. The highest BCUT2D eigenvalue weighted by atomic mass is 35.5. The lowest BCUT2D eigenvalue weighted by Gasteiger charge is -2.19. The maximum absolute atomic E-state index is 9.32. The molecule has 0 aliphatic heterocycles. The zero-order valence-electron chi connectivity index (χ0n) is 8.79. The Kier molecular flexibility index (Phi) is 3.04. The minimum Gasteiger partial charge on any atom is -0.198 e. The smallest absolute Gasteiger partial charge is 0.0931 e. The number of hydrogen-bond acceptors (Lipinski definition) is 2. The van der Waals surface area contributed by atoms with Crippen LogP contribution < -0.4 is 0 Å². The highest BCUT2D eigenvalue weighted by Gasteiger charge is 2.37. The molecule has 0 radical (unpaired) electrons. The molecule has 0 aromatic carbocycles. The van der Waals surface area contributed by atoms with Gasteiger partial charge in [0.05, 0.1) is 15.8 Å². The van der Waals surface area contributed by atoms with Gasteiger partial charge in [-0.15, -0.1) is 11.3 Å². The molecule has 0 bridgehead atoms. The van der Waals surface area contributed by atoms with Gasteiger partial charge in [0.1, 0.15) is 0 Å². The molecule has 1 saturated carbocycles. The maximum atomic E-state index is 9.32. The lowest BCUT2D eigenvalue weighted by molar-refractivity contribution is 0.394. The van der Waals surface area contributed by atoms with E-state index in [0.717, 1.165) is 23.6 Å². The Labute approximate surface area is 99.7 Å².